The summed E-state index contributed by atoms with van der Waals surface area (Å²) in [5.41, 5.74) is 13.2. The molecule has 1 aliphatic rings. The molecule has 0 bridgehead atoms. The predicted octanol–water partition coefficient (Wildman–Crippen LogP) is -1.18. The molecule has 0 aliphatic heterocycles. The van der Waals surface area contributed by atoms with Crippen LogP contribution >= 0.6 is 0 Å². The highest BCUT2D eigenvalue weighted by Crippen LogP contribution is 2.25. The maximum atomic E-state index is 8.94. The van der Waals surface area contributed by atoms with Crippen molar-refractivity contribution in [2.24, 2.45) is 11.5 Å². The molecule has 7 N–H and O–H groups in total. The third-order valence-corrected chi connectivity index (χ3v) is 2.75. The fraction of sp³-hybridized carbons (Fsp3) is 0.636. The van der Waals surface area contributed by atoms with Gasteiger partial charge < -0.3 is 27.0 Å². The summed E-state index contributed by atoms with van der Waals surface area (Å²) < 4.78 is 0. The Morgan fingerprint density at radius 1 is 1.38 bits per heavy atom. The molecule has 1 unspecified atom stereocenters. The summed E-state index contributed by atoms with van der Waals surface area (Å²) in [6.07, 6.45) is 4.83. The van der Waals surface area contributed by atoms with Gasteiger partial charge in [0.2, 0.25) is 0 Å². The predicted molar refractivity (Wildman–Crippen MR) is 63.5 cm³/mol. The number of hydrogen-bond acceptors (Lipinski definition) is 5. The minimum absolute atomic E-state index is 0.0676. The molecular formula is C11H21N3O2. The maximum Gasteiger partial charge on any atom is 0.0556 e. The van der Waals surface area contributed by atoms with Gasteiger partial charge in [-0.25, -0.2) is 0 Å². The molecule has 0 saturated heterocycles. The Kier molecular flexibility index (Phi) is 4.95. The Bertz CT molecular complexity index is 289. The second-order valence-electron chi connectivity index (χ2n) is 4.18. The normalized spacial score (nSPS) is 25.2. The van der Waals surface area contributed by atoms with Crippen molar-refractivity contribution in [3.8, 4) is 0 Å². The summed E-state index contributed by atoms with van der Waals surface area (Å²) in [6, 6.07) is 0. The highest BCUT2D eigenvalue weighted by molar-refractivity contribution is 5.34. The van der Waals surface area contributed by atoms with E-state index < -0.39 is 5.54 Å². The molecule has 0 aromatic carbocycles. The van der Waals surface area contributed by atoms with Gasteiger partial charge in [0.05, 0.1) is 6.61 Å². The van der Waals surface area contributed by atoms with Crippen LogP contribution in [0.25, 0.3) is 0 Å². The minimum Gasteiger partial charge on any atom is -0.399 e. The van der Waals surface area contributed by atoms with Crippen LogP contribution < -0.4 is 16.8 Å². The maximum absolute atomic E-state index is 8.94. The van der Waals surface area contributed by atoms with E-state index in [4.69, 9.17) is 21.7 Å². The number of rotatable bonds is 6. The van der Waals surface area contributed by atoms with Crippen LogP contribution in [0.15, 0.2) is 23.4 Å². The summed E-state index contributed by atoms with van der Waals surface area (Å²) in [4.78, 5) is 0. The summed E-state index contributed by atoms with van der Waals surface area (Å²) in [6.45, 7) is 1.34. The topological polar surface area (TPSA) is 105 Å². The summed E-state index contributed by atoms with van der Waals surface area (Å²) in [5, 5.41) is 20.7. The first-order valence-electron chi connectivity index (χ1n) is 5.49. The van der Waals surface area contributed by atoms with E-state index >= 15 is 0 Å². The van der Waals surface area contributed by atoms with E-state index in [9.17, 15) is 0 Å². The smallest absolute Gasteiger partial charge is 0.0556 e. The van der Waals surface area contributed by atoms with Gasteiger partial charge in [-0.05, 0) is 24.5 Å². The Labute approximate surface area is 95.8 Å². The first kappa shape index (κ1) is 13.2. The van der Waals surface area contributed by atoms with Gasteiger partial charge in [0.25, 0.3) is 0 Å². The molecule has 16 heavy (non-hydrogen) atoms. The Hall–Kier alpha value is -0.880. The van der Waals surface area contributed by atoms with Gasteiger partial charge in [-0.3, -0.25) is 0 Å². The van der Waals surface area contributed by atoms with Crippen LogP contribution in [-0.2, 0) is 0 Å². The Morgan fingerprint density at radius 3 is 2.75 bits per heavy atom. The lowest BCUT2D eigenvalue weighted by molar-refractivity contribution is 0.255. The van der Waals surface area contributed by atoms with Crippen molar-refractivity contribution < 1.29 is 10.2 Å². The average molecular weight is 227 g/mol. The molecular weight excluding hydrogens is 206 g/mol. The van der Waals surface area contributed by atoms with Gasteiger partial charge in [0, 0.05) is 30.9 Å². The molecule has 0 amide bonds. The molecule has 1 atom stereocenters. The van der Waals surface area contributed by atoms with E-state index in [2.05, 4.69) is 5.32 Å². The highest BCUT2D eigenvalue weighted by Gasteiger charge is 2.26. The lowest BCUT2D eigenvalue weighted by atomic mass is 9.84. The minimum atomic E-state index is -0.492. The van der Waals surface area contributed by atoms with Crippen molar-refractivity contribution in [1.82, 2.24) is 5.32 Å². The van der Waals surface area contributed by atoms with Crippen molar-refractivity contribution >= 4 is 0 Å². The molecule has 0 spiro atoms. The van der Waals surface area contributed by atoms with Gasteiger partial charge in [0.1, 0.15) is 0 Å². The standard InChI is InChI=1S/C11H21N3O2/c12-10-1-2-11(13,3-5-15)7-9(10)8-14-4-6-16/h1-2,14-16H,3-8,12-13H2. The molecule has 0 saturated carbocycles. The number of hydrogen-bond donors (Lipinski definition) is 5. The molecule has 0 aromatic rings. The van der Waals surface area contributed by atoms with E-state index in [1.165, 1.54) is 0 Å². The molecule has 0 radical (unpaired) electrons. The number of aliphatic hydroxyl groups is 2. The molecule has 5 nitrogen and oxygen atoms in total. The second-order valence-corrected chi connectivity index (χ2v) is 4.18. The van der Waals surface area contributed by atoms with E-state index in [1.807, 2.05) is 6.08 Å². The van der Waals surface area contributed by atoms with Crippen molar-refractivity contribution in [1.29, 1.82) is 0 Å². The molecule has 1 aliphatic carbocycles. The van der Waals surface area contributed by atoms with Crippen LogP contribution in [0.5, 0.6) is 0 Å². The lowest BCUT2D eigenvalue weighted by Gasteiger charge is -2.30. The number of nitrogens with two attached hydrogens (primary N) is 2. The lowest BCUT2D eigenvalue weighted by Crippen LogP contribution is -2.42. The zero-order chi connectivity index (χ0) is 12.0. The average Bonchev–Trinajstić information content (AvgIpc) is 2.24. The van der Waals surface area contributed by atoms with Crippen molar-refractivity contribution in [3.05, 3.63) is 23.4 Å². The first-order chi connectivity index (χ1) is 7.61. The van der Waals surface area contributed by atoms with E-state index in [0.717, 1.165) is 11.3 Å². The van der Waals surface area contributed by atoms with Gasteiger partial charge >= 0.3 is 0 Å². The Morgan fingerprint density at radius 2 is 2.12 bits per heavy atom. The molecule has 92 valence electrons. The van der Waals surface area contributed by atoms with Crippen LogP contribution in [0, 0.1) is 0 Å². The van der Waals surface area contributed by atoms with Crippen molar-refractivity contribution in [2.45, 2.75) is 18.4 Å². The fourth-order valence-corrected chi connectivity index (χ4v) is 1.79. The van der Waals surface area contributed by atoms with Crippen LogP contribution in [0.3, 0.4) is 0 Å². The van der Waals surface area contributed by atoms with E-state index in [-0.39, 0.29) is 13.2 Å². The summed E-state index contributed by atoms with van der Waals surface area (Å²) >= 11 is 0. The number of allylic oxidation sites excluding steroid dienone is 1. The molecule has 0 aromatic heterocycles. The quantitative estimate of drug-likeness (QED) is 0.367. The highest BCUT2D eigenvalue weighted by atomic mass is 16.3. The largest absolute Gasteiger partial charge is 0.399 e. The molecule has 1 rings (SSSR count). The number of nitrogens with one attached hydrogen (secondary N) is 1. The third-order valence-electron chi connectivity index (χ3n) is 2.75. The van der Waals surface area contributed by atoms with E-state index in [0.29, 0.717) is 25.9 Å². The SMILES string of the molecule is NC1=C(CNCCO)CC(N)(CCO)C=C1. The third kappa shape index (κ3) is 3.61. The molecule has 5 heteroatoms. The van der Waals surface area contributed by atoms with Crippen molar-refractivity contribution in [2.75, 3.05) is 26.3 Å². The van der Waals surface area contributed by atoms with Gasteiger partial charge in [-0.15, -0.1) is 0 Å². The monoisotopic (exact) mass is 227 g/mol. The van der Waals surface area contributed by atoms with Gasteiger partial charge in [-0.1, -0.05) is 6.08 Å². The Balaban J connectivity index is 2.58. The van der Waals surface area contributed by atoms with Crippen LogP contribution in [0.2, 0.25) is 0 Å². The molecule has 0 fully saturated rings. The zero-order valence-corrected chi connectivity index (χ0v) is 9.45. The fourth-order valence-electron chi connectivity index (χ4n) is 1.79. The first-order valence-corrected chi connectivity index (χ1v) is 5.49. The van der Waals surface area contributed by atoms with Crippen LogP contribution in [0.4, 0.5) is 0 Å². The number of aliphatic hydroxyl groups excluding tert-OH is 2. The van der Waals surface area contributed by atoms with E-state index in [1.54, 1.807) is 6.08 Å². The summed E-state index contributed by atoms with van der Waals surface area (Å²) in [7, 11) is 0. The van der Waals surface area contributed by atoms with Crippen molar-refractivity contribution in [3.63, 3.8) is 0 Å². The zero-order valence-electron chi connectivity index (χ0n) is 9.45. The summed E-state index contributed by atoms with van der Waals surface area (Å²) in [5.74, 6) is 0. The van der Waals surface area contributed by atoms with Gasteiger partial charge in [-0.2, -0.15) is 0 Å². The van der Waals surface area contributed by atoms with Crippen LogP contribution in [0.1, 0.15) is 12.8 Å². The second kappa shape index (κ2) is 6.00. The van der Waals surface area contributed by atoms with Gasteiger partial charge in [0.15, 0.2) is 0 Å². The van der Waals surface area contributed by atoms with Crippen LogP contribution in [-0.4, -0.2) is 42.1 Å². The molecule has 0 heterocycles.